The molecule has 0 aliphatic carbocycles. The fraction of sp³-hybridized carbons (Fsp3) is 0.353. The highest BCUT2D eigenvalue weighted by molar-refractivity contribution is 7.13. The number of anilines is 1. The monoisotopic (exact) mass is 345 g/mol. The van der Waals surface area contributed by atoms with Crippen LogP contribution in [0.1, 0.15) is 18.4 Å². The van der Waals surface area contributed by atoms with Gasteiger partial charge in [0.25, 0.3) is 0 Å². The molecule has 1 aromatic heterocycles. The van der Waals surface area contributed by atoms with Crippen LogP contribution in [0.2, 0.25) is 0 Å². The first-order chi connectivity index (χ1) is 11.7. The lowest BCUT2D eigenvalue weighted by Crippen LogP contribution is -2.43. The van der Waals surface area contributed by atoms with Gasteiger partial charge in [-0.25, -0.2) is 4.98 Å². The zero-order valence-electron chi connectivity index (χ0n) is 13.4. The zero-order chi connectivity index (χ0) is 16.9. The molecule has 24 heavy (non-hydrogen) atoms. The largest absolute Gasteiger partial charge is 0.497 e. The van der Waals surface area contributed by atoms with Crippen molar-refractivity contribution in [3.8, 4) is 5.75 Å². The number of nitrogens with one attached hydrogen (secondary N) is 1. The van der Waals surface area contributed by atoms with Gasteiger partial charge in [-0.1, -0.05) is 12.1 Å². The summed E-state index contributed by atoms with van der Waals surface area (Å²) in [7, 11) is 1.61. The first-order valence-electron chi connectivity index (χ1n) is 7.80. The highest BCUT2D eigenvalue weighted by Gasteiger charge is 2.34. The van der Waals surface area contributed by atoms with Crippen LogP contribution in [0.15, 0.2) is 35.8 Å². The molecule has 1 aliphatic rings. The first-order valence-corrected chi connectivity index (χ1v) is 8.68. The third-order valence-corrected chi connectivity index (χ3v) is 4.74. The van der Waals surface area contributed by atoms with E-state index in [1.54, 1.807) is 23.6 Å². The van der Waals surface area contributed by atoms with E-state index in [2.05, 4.69) is 10.3 Å². The molecule has 126 valence electrons. The van der Waals surface area contributed by atoms with Gasteiger partial charge in [-0.05, 0) is 30.5 Å². The van der Waals surface area contributed by atoms with Crippen LogP contribution in [0.4, 0.5) is 5.13 Å². The summed E-state index contributed by atoms with van der Waals surface area (Å²) in [5.41, 5.74) is 0.909. The molecule has 1 aliphatic heterocycles. The maximum atomic E-state index is 12.6. The lowest BCUT2D eigenvalue weighted by atomic mass is 10.1. The zero-order valence-corrected chi connectivity index (χ0v) is 14.2. The maximum absolute atomic E-state index is 12.6. The van der Waals surface area contributed by atoms with Crippen LogP contribution in [-0.2, 0) is 16.0 Å². The first kappa shape index (κ1) is 16.4. The summed E-state index contributed by atoms with van der Waals surface area (Å²) in [6.07, 6.45) is 3.45. The normalized spacial score (nSPS) is 16.9. The molecular weight excluding hydrogens is 326 g/mol. The van der Waals surface area contributed by atoms with Gasteiger partial charge in [0.1, 0.15) is 11.8 Å². The van der Waals surface area contributed by atoms with Crippen molar-refractivity contribution in [2.75, 3.05) is 19.0 Å². The molecule has 1 fully saturated rings. The van der Waals surface area contributed by atoms with Gasteiger partial charge in [0.2, 0.25) is 11.8 Å². The summed E-state index contributed by atoms with van der Waals surface area (Å²) in [5, 5.41) is 5.15. The van der Waals surface area contributed by atoms with E-state index in [4.69, 9.17) is 4.74 Å². The fourth-order valence-electron chi connectivity index (χ4n) is 2.83. The van der Waals surface area contributed by atoms with Gasteiger partial charge < -0.3 is 15.0 Å². The minimum Gasteiger partial charge on any atom is -0.497 e. The number of benzene rings is 1. The van der Waals surface area contributed by atoms with Crippen LogP contribution in [0.5, 0.6) is 5.75 Å². The third-order valence-electron chi connectivity index (χ3n) is 4.05. The van der Waals surface area contributed by atoms with Gasteiger partial charge >= 0.3 is 0 Å². The Hall–Kier alpha value is -2.41. The van der Waals surface area contributed by atoms with E-state index in [9.17, 15) is 9.59 Å². The van der Waals surface area contributed by atoms with Gasteiger partial charge in [-0.15, -0.1) is 11.3 Å². The Morgan fingerprint density at radius 2 is 2.17 bits per heavy atom. The molecule has 1 aromatic carbocycles. The van der Waals surface area contributed by atoms with Crippen molar-refractivity contribution in [3.05, 3.63) is 41.4 Å². The molecule has 0 radical (unpaired) electrons. The van der Waals surface area contributed by atoms with Crippen LogP contribution in [0.3, 0.4) is 0 Å². The highest BCUT2D eigenvalue weighted by Crippen LogP contribution is 2.21. The molecular formula is C17H19N3O3S. The van der Waals surface area contributed by atoms with Crippen molar-refractivity contribution >= 4 is 28.3 Å². The number of hydrogen-bond donors (Lipinski definition) is 1. The standard InChI is InChI=1S/C17H19N3O3S/c1-23-13-6-4-12(5-7-13)11-15(21)20-9-2-3-14(20)16(22)19-17-18-8-10-24-17/h4-8,10,14H,2-3,9,11H2,1H3,(H,18,19,22). The smallest absolute Gasteiger partial charge is 0.248 e. The fourth-order valence-corrected chi connectivity index (χ4v) is 3.36. The van der Waals surface area contributed by atoms with E-state index in [-0.39, 0.29) is 18.2 Å². The number of likely N-dealkylation sites (tertiary alicyclic amines) is 1. The molecule has 3 rings (SSSR count). The van der Waals surface area contributed by atoms with Crippen molar-refractivity contribution in [1.29, 1.82) is 0 Å². The Bertz CT molecular complexity index is 700. The number of nitrogens with zero attached hydrogens (tertiary/aromatic N) is 2. The number of carbonyl (C=O) groups excluding carboxylic acids is 2. The summed E-state index contributed by atoms with van der Waals surface area (Å²) in [4.78, 5) is 30.7. The van der Waals surface area contributed by atoms with Crippen molar-refractivity contribution in [1.82, 2.24) is 9.88 Å². The summed E-state index contributed by atoms with van der Waals surface area (Å²) >= 11 is 1.37. The number of carbonyl (C=O) groups is 2. The molecule has 0 saturated carbocycles. The van der Waals surface area contributed by atoms with Crippen molar-refractivity contribution in [3.63, 3.8) is 0 Å². The van der Waals surface area contributed by atoms with Gasteiger partial charge in [0.15, 0.2) is 5.13 Å². The molecule has 0 bridgehead atoms. The van der Waals surface area contributed by atoms with E-state index in [0.29, 0.717) is 18.1 Å². The quantitative estimate of drug-likeness (QED) is 0.903. The van der Waals surface area contributed by atoms with Gasteiger partial charge in [0.05, 0.1) is 13.5 Å². The molecule has 1 unspecified atom stereocenters. The SMILES string of the molecule is COc1ccc(CC(=O)N2CCCC2C(=O)Nc2nccs2)cc1. The predicted octanol–water partition coefficient (Wildman–Crippen LogP) is 2.32. The van der Waals surface area contributed by atoms with E-state index >= 15 is 0 Å². The van der Waals surface area contributed by atoms with Gasteiger partial charge in [-0.3, -0.25) is 9.59 Å². The van der Waals surface area contributed by atoms with E-state index < -0.39 is 6.04 Å². The number of thiazole rings is 1. The van der Waals surface area contributed by atoms with Crippen molar-refractivity contribution < 1.29 is 14.3 Å². The van der Waals surface area contributed by atoms with Crippen LogP contribution >= 0.6 is 11.3 Å². The molecule has 2 heterocycles. The number of methoxy groups -OCH3 is 1. The molecule has 7 heteroatoms. The molecule has 2 amide bonds. The van der Waals surface area contributed by atoms with E-state index in [0.717, 1.165) is 17.7 Å². The second-order valence-corrected chi connectivity index (χ2v) is 6.49. The average Bonchev–Trinajstić information content (AvgIpc) is 3.27. The lowest BCUT2D eigenvalue weighted by Gasteiger charge is -2.23. The van der Waals surface area contributed by atoms with E-state index in [1.165, 1.54) is 11.3 Å². The molecule has 6 nitrogen and oxygen atoms in total. The van der Waals surface area contributed by atoms with Crippen LogP contribution in [-0.4, -0.2) is 41.4 Å². The Balaban J connectivity index is 1.63. The molecule has 1 saturated heterocycles. The number of aromatic nitrogens is 1. The Kier molecular flexibility index (Phi) is 5.10. The van der Waals surface area contributed by atoms with Gasteiger partial charge in [-0.2, -0.15) is 0 Å². The lowest BCUT2D eigenvalue weighted by molar-refractivity contribution is -0.136. The summed E-state index contributed by atoms with van der Waals surface area (Å²) in [5.74, 6) is 0.565. The maximum Gasteiger partial charge on any atom is 0.248 e. The highest BCUT2D eigenvalue weighted by atomic mass is 32.1. The van der Waals surface area contributed by atoms with E-state index in [1.807, 2.05) is 24.3 Å². The van der Waals surface area contributed by atoms with Crippen LogP contribution in [0.25, 0.3) is 0 Å². The van der Waals surface area contributed by atoms with Crippen molar-refractivity contribution in [2.45, 2.75) is 25.3 Å². The molecule has 1 N–H and O–H groups in total. The third kappa shape index (κ3) is 3.73. The minimum absolute atomic E-state index is 0.0306. The van der Waals surface area contributed by atoms with Crippen LogP contribution in [0, 0.1) is 0 Å². The second kappa shape index (κ2) is 7.44. The van der Waals surface area contributed by atoms with Gasteiger partial charge in [0, 0.05) is 18.1 Å². The van der Waals surface area contributed by atoms with Crippen molar-refractivity contribution in [2.24, 2.45) is 0 Å². The predicted molar refractivity (Wildman–Crippen MR) is 92.2 cm³/mol. The molecule has 0 spiro atoms. The molecule has 2 aromatic rings. The summed E-state index contributed by atoms with van der Waals surface area (Å²) < 4.78 is 5.12. The molecule has 1 atom stereocenters. The Morgan fingerprint density at radius 3 is 2.83 bits per heavy atom. The van der Waals surface area contributed by atoms with Crippen LogP contribution < -0.4 is 10.1 Å². The number of amides is 2. The average molecular weight is 345 g/mol. The Labute approximate surface area is 144 Å². The summed E-state index contributed by atoms with van der Waals surface area (Å²) in [6.45, 7) is 0.616. The summed E-state index contributed by atoms with van der Waals surface area (Å²) in [6, 6.07) is 6.99. The topological polar surface area (TPSA) is 71.5 Å². The second-order valence-electron chi connectivity index (χ2n) is 5.60. The minimum atomic E-state index is -0.417. The Morgan fingerprint density at radius 1 is 1.38 bits per heavy atom. The number of hydrogen-bond acceptors (Lipinski definition) is 5. The number of rotatable bonds is 5. The number of ether oxygens (including phenoxy) is 1.